The van der Waals surface area contributed by atoms with Crippen molar-refractivity contribution >= 4 is 17.2 Å². The maximum absolute atomic E-state index is 11.8. The Balaban J connectivity index is 2.67. The van der Waals surface area contributed by atoms with Gasteiger partial charge in [-0.15, -0.1) is 11.3 Å². The molecule has 1 aromatic rings. The first-order valence-electron chi connectivity index (χ1n) is 6.86. The number of nitrogens with zero attached hydrogens (tertiary/aromatic N) is 1. The molecule has 2 unspecified atom stereocenters. The number of hydrogen-bond acceptors (Lipinski definition) is 4. The number of thiophene rings is 1. The number of carbonyl (C=O) groups is 1. The highest BCUT2D eigenvalue weighted by Crippen LogP contribution is 2.27. The zero-order valence-electron chi connectivity index (χ0n) is 12.1. The Morgan fingerprint density at radius 1 is 1.53 bits per heavy atom. The maximum atomic E-state index is 11.8. The molecule has 0 fully saturated rings. The van der Waals surface area contributed by atoms with Gasteiger partial charge in [-0.2, -0.15) is 0 Å². The lowest BCUT2D eigenvalue weighted by Gasteiger charge is -2.31. The summed E-state index contributed by atoms with van der Waals surface area (Å²) >= 11 is 1.69. The Morgan fingerprint density at radius 2 is 2.26 bits per heavy atom. The second kappa shape index (κ2) is 8.30. The summed E-state index contributed by atoms with van der Waals surface area (Å²) in [6.07, 6.45) is 1.85. The van der Waals surface area contributed by atoms with Crippen LogP contribution in [0.1, 0.15) is 37.6 Å². The van der Waals surface area contributed by atoms with E-state index >= 15 is 0 Å². The molecule has 3 N–H and O–H groups in total. The molecule has 4 nitrogen and oxygen atoms in total. The van der Waals surface area contributed by atoms with Crippen LogP contribution in [0.3, 0.4) is 0 Å². The molecule has 5 heteroatoms. The second-order valence-electron chi connectivity index (χ2n) is 4.80. The molecule has 0 aliphatic rings. The van der Waals surface area contributed by atoms with E-state index in [9.17, 15) is 4.79 Å². The van der Waals surface area contributed by atoms with E-state index in [1.54, 1.807) is 11.3 Å². The third-order valence-corrected chi connectivity index (χ3v) is 4.09. The van der Waals surface area contributed by atoms with E-state index < -0.39 is 0 Å². The van der Waals surface area contributed by atoms with Crippen molar-refractivity contribution in [1.82, 2.24) is 10.2 Å². The van der Waals surface area contributed by atoms with E-state index in [0.29, 0.717) is 6.54 Å². The minimum absolute atomic E-state index is 0.0441. The van der Waals surface area contributed by atoms with Crippen LogP contribution < -0.4 is 11.1 Å². The minimum atomic E-state index is 0.0441. The van der Waals surface area contributed by atoms with Crippen molar-refractivity contribution < 1.29 is 4.79 Å². The van der Waals surface area contributed by atoms with Gasteiger partial charge in [0.1, 0.15) is 0 Å². The van der Waals surface area contributed by atoms with Crippen LogP contribution in [0.25, 0.3) is 0 Å². The van der Waals surface area contributed by atoms with Gasteiger partial charge in [0.25, 0.3) is 0 Å². The predicted octanol–water partition coefficient (Wildman–Crippen LogP) is 1.98. The number of rotatable bonds is 8. The van der Waals surface area contributed by atoms with Gasteiger partial charge in [-0.05, 0) is 31.3 Å². The van der Waals surface area contributed by atoms with Crippen molar-refractivity contribution in [3.05, 3.63) is 22.4 Å². The van der Waals surface area contributed by atoms with Crippen LogP contribution in [0.4, 0.5) is 0 Å². The smallest absolute Gasteiger partial charge is 0.234 e. The number of nitrogens with two attached hydrogens (primary N) is 1. The standard InChI is InChI=1S/C14H25N3OS/c1-4-8-16-13(18)10-17(3)14(11(15)5-2)12-7-6-9-19-12/h6-7,9,11,14H,4-5,8,10,15H2,1-3H3,(H,16,18). The summed E-state index contributed by atoms with van der Waals surface area (Å²) in [4.78, 5) is 15.1. The molecule has 1 aromatic heterocycles. The predicted molar refractivity (Wildman–Crippen MR) is 81.3 cm³/mol. The molecular weight excluding hydrogens is 258 g/mol. The van der Waals surface area contributed by atoms with Crippen LogP contribution in [0.15, 0.2) is 17.5 Å². The van der Waals surface area contributed by atoms with Gasteiger partial charge in [-0.3, -0.25) is 9.69 Å². The molecule has 1 heterocycles. The van der Waals surface area contributed by atoms with Gasteiger partial charge < -0.3 is 11.1 Å². The van der Waals surface area contributed by atoms with Crippen LogP contribution in [0.2, 0.25) is 0 Å². The zero-order chi connectivity index (χ0) is 14.3. The molecule has 0 radical (unpaired) electrons. The van der Waals surface area contributed by atoms with Crippen LogP contribution >= 0.6 is 11.3 Å². The van der Waals surface area contributed by atoms with Crippen LogP contribution in [0.5, 0.6) is 0 Å². The largest absolute Gasteiger partial charge is 0.355 e. The highest BCUT2D eigenvalue weighted by atomic mass is 32.1. The van der Waals surface area contributed by atoms with E-state index in [1.165, 1.54) is 4.88 Å². The molecule has 0 spiro atoms. The van der Waals surface area contributed by atoms with Crippen molar-refractivity contribution in [2.75, 3.05) is 20.1 Å². The average molecular weight is 283 g/mol. The van der Waals surface area contributed by atoms with Crippen molar-refractivity contribution in [1.29, 1.82) is 0 Å². The maximum Gasteiger partial charge on any atom is 0.234 e. The van der Waals surface area contributed by atoms with Gasteiger partial charge in [0, 0.05) is 17.5 Å². The molecule has 0 aliphatic carbocycles. The molecule has 19 heavy (non-hydrogen) atoms. The van der Waals surface area contributed by atoms with Gasteiger partial charge >= 0.3 is 0 Å². The number of carbonyl (C=O) groups excluding carboxylic acids is 1. The van der Waals surface area contributed by atoms with Gasteiger partial charge in [-0.25, -0.2) is 0 Å². The Bertz CT molecular complexity index is 367. The quantitative estimate of drug-likeness (QED) is 0.767. The summed E-state index contributed by atoms with van der Waals surface area (Å²) in [5.74, 6) is 0.0641. The van der Waals surface area contributed by atoms with Gasteiger partial charge in [0.2, 0.25) is 5.91 Å². The minimum Gasteiger partial charge on any atom is -0.355 e. The third kappa shape index (κ3) is 4.93. The molecule has 0 bridgehead atoms. The Hall–Kier alpha value is -0.910. The van der Waals surface area contributed by atoms with Crippen LogP contribution in [0, 0.1) is 0 Å². The number of amides is 1. The lowest BCUT2D eigenvalue weighted by molar-refractivity contribution is -0.122. The molecule has 0 aliphatic heterocycles. The Labute approximate surface area is 120 Å². The van der Waals surface area contributed by atoms with Crippen molar-refractivity contribution in [2.45, 2.75) is 38.8 Å². The van der Waals surface area contributed by atoms with Gasteiger partial charge in [0.05, 0.1) is 12.6 Å². The second-order valence-corrected chi connectivity index (χ2v) is 5.78. The lowest BCUT2D eigenvalue weighted by atomic mass is 10.0. The van der Waals surface area contributed by atoms with Crippen LogP contribution in [-0.2, 0) is 4.79 Å². The summed E-state index contributed by atoms with van der Waals surface area (Å²) in [7, 11) is 1.96. The molecule has 1 amide bonds. The Morgan fingerprint density at radius 3 is 2.79 bits per heavy atom. The average Bonchev–Trinajstić information content (AvgIpc) is 2.89. The fraction of sp³-hybridized carbons (Fsp3) is 0.643. The Kier molecular flexibility index (Phi) is 7.05. The van der Waals surface area contributed by atoms with E-state index in [2.05, 4.69) is 23.7 Å². The van der Waals surface area contributed by atoms with Gasteiger partial charge in [-0.1, -0.05) is 19.9 Å². The highest BCUT2D eigenvalue weighted by molar-refractivity contribution is 7.10. The first-order valence-corrected chi connectivity index (χ1v) is 7.74. The SMILES string of the molecule is CCCNC(=O)CN(C)C(c1cccs1)C(N)CC. The molecule has 0 saturated carbocycles. The van der Waals surface area contributed by atoms with E-state index in [-0.39, 0.29) is 18.0 Å². The molecular formula is C14H25N3OS. The summed E-state index contributed by atoms with van der Waals surface area (Å²) in [6.45, 7) is 5.24. The lowest BCUT2D eigenvalue weighted by Crippen LogP contribution is -2.43. The van der Waals surface area contributed by atoms with E-state index in [1.807, 2.05) is 24.9 Å². The van der Waals surface area contributed by atoms with Crippen molar-refractivity contribution in [2.24, 2.45) is 5.73 Å². The number of likely N-dealkylation sites (N-methyl/N-ethyl adjacent to an activating group) is 1. The van der Waals surface area contributed by atoms with Crippen LogP contribution in [-0.4, -0.2) is 37.0 Å². The number of nitrogens with one attached hydrogen (secondary N) is 1. The molecule has 108 valence electrons. The van der Waals surface area contributed by atoms with Crippen molar-refractivity contribution in [3.8, 4) is 0 Å². The topological polar surface area (TPSA) is 58.4 Å². The fourth-order valence-electron chi connectivity index (χ4n) is 2.08. The first kappa shape index (κ1) is 16.1. The summed E-state index contributed by atoms with van der Waals surface area (Å²) in [6, 6.07) is 4.27. The first-order chi connectivity index (χ1) is 9.10. The summed E-state index contributed by atoms with van der Waals surface area (Å²) in [5.41, 5.74) is 6.22. The number of hydrogen-bond donors (Lipinski definition) is 2. The molecule has 0 aromatic carbocycles. The fourth-order valence-corrected chi connectivity index (χ4v) is 3.05. The van der Waals surface area contributed by atoms with E-state index in [4.69, 9.17) is 5.73 Å². The zero-order valence-corrected chi connectivity index (χ0v) is 12.9. The monoisotopic (exact) mass is 283 g/mol. The summed E-state index contributed by atoms with van der Waals surface area (Å²) < 4.78 is 0. The molecule has 1 rings (SSSR count). The molecule has 2 atom stereocenters. The van der Waals surface area contributed by atoms with Crippen molar-refractivity contribution in [3.63, 3.8) is 0 Å². The highest BCUT2D eigenvalue weighted by Gasteiger charge is 2.25. The van der Waals surface area contributed by atoms with E-state index in [0.717, 1.165) is 19.4 Å². The molecule has 0 saturated heterocycles. The summed E-state index contributed by atoms with van der Waals surface area (Å²) in [5, 5.41) is 4.95. The third-order valence-electron chi connectivity index (χ3n) is 3.15. The van der Waals surface area contributed by atoms with Gasteiger partial charge in [0.15, 0.2) is 0 Å². The normalized spacial score (nSPS) is 14.4.